The van der Waals surface area contributed by atoms with Gasteiger partial charge < -0.3 is 14.9 Å². The fourth-order valence-corrected chi connectivity index (χ4v) is 3.04. The lowest BCUT2D eigenvalue weighted by Crippen LogP contribution is -1.97. The zero-order chi connectivity index (χ0) is 15.4. The number of carbonyl (C=O) groups excluding carboxylic acids is 1. The zero-order valence-corrected chi connectivity index (χ0v) is 12.6. The summed E-state index contributed by atoms with van der Waals surface area (Å²) in [6.45, 7) is 1.37. The monoisotopic (exact) mass is 304 g/mol. The van der Waals surface area contributed by atoms with Crippen molar-refractivity contribution in [1.82, 2.24) is 0 Å². The van der Waals surface area contributed by atoms with Crippen LogP contribution in [-0.4, -0.2) is 23.1 Å². The Hall–Kier alpha value is -2.14. The van der Waals surface area contributed by atoms with Crippen LogP contribution < -0.4 is 4.74 Å². The van der Waals surface area contributed by atoms with Crippen LogP contribution in [0.3, 0.4) is 0 Å². The van der Waals surface area contributed by atoms with Gasteiger partial charge in [0.15, 0.2) is 5.78 Å². The lowest BCUT2D eigenvalue weighted by molar-refractivity contribution is 0.101. The summed E-state index contributed by atoms with van der Waals surface area (Å²) in [5, 5.41) is 19.7. The van der Waals surface area contributed by atoms with Crippen molar-refractivity contribution in [2.45, 2.75) is 17.6 Å². The Morgan fingerprint density at radius 2 is 1.71 bits per heavy atom. The van der Waals surface area contributed by atoms with E-state index in [4.69, 9.17) is 4.74 Å². The van der Waals surface area contributed by atoms with Crippen LogP contribution in [0.5, 0.6) is 17.2 Å². The second-order valence-electron chi connectivity index (χ2n) is 4.50. The van der Waals surface area contributed by atoms with E-state index in [-0.39, 0.29) is 22.8 Å². The Labute approximate surface area is 127 Å². The summed E-state index contributed by atoms with van der Waals surface area (Å²) in [5.74, 6) is 0.949. The second kappa shape index (κ2) is 6.54. The van der Waals surface area contributed by atoms with Crippen molar-refractivity contribution in [2.24, 2.45) is 0 Å². The number of ketones is 1. The van der Waals surface area contributed by atoms with Gasteiger partial charge in [0.05, 0.1) is 17.6 Å². The van der Waals surface area contributed by atoms with Crippen molar-refractivity contribution in [2.75, 3.05) is 7.11 Å². The molecular weight excluding hydrogens is 288 g/mol. The van der Waals surface area contributed by atoms with Gasteiger partial charge in [0, 0.05) is 5.75 Å². The maximum Gasteiger partial charge on any atom is 0.164 e. The minimum Gasteiger partial charge on any atom is -0.507 e. The molecule has 0 fully saturated rings. The van der Waals surface area contributed by atoms with E-state index in [1.807, 2.05) is 24.3 Å². The number of methoxy groups -OCH3 is 1. The third kappa shape index (κ3) is 3.49. The molecule has 110 valence electrons. The molecule has 0 aliphatic heterocycles. The first-order valence-corrected chi connectivity index (χ1v) is 7.33. The van der Waals surface area contributed by atoms with Crippen molar-refractivity contribution >= 4 is 17.5 Å². The third-order valence-electron chi connectivity index (χ3n) is 3.01. The summed E-state index contributed by atoms with van der Waals surface area (Å²) >= 11 is 1.31. The molecule has 0 atom stereocenters. The lowest BCUT2D eigenvalue weighted by Gasteiger charge is -2.11. The van der Waals surface area contributed by atoms with Crippen LogP contribution in [0, 0.1) is 0 Å². The molecule has 0 unspecified atom stereocenters. The number of rotatable bonds is 5. The number of hydrogen-bond donors (Lipinski definition) is 2. The molecule has 0 saturated heterocycles. The fraction of sp³-hybridized carbons (Fsp3) is 0.188. The molecule has 21 heavy (non-hydrogen) atoms. The van der Waals surface area contributed by atoms with Gasteiger partial charge in [-0.1, -0.05) is 12.1 Å². The molecule has 0 amide bonds. The maximum absolute atomic E-state index is 11.6. The predicted molar refractivity (Wildman–Crippen MR) is 82.3 cm³/mol. The molecule has 0 spiro atoms. The minimum absolute atomic E-state index is 0.00323. The number of phenols is 2. The molecule has 0 saturated carbocycles. The predicted octanol–water partition coefficient (Wildman–Crippen LogP) is 3.60. The van der Waals surface area contributed by atoms with E-state index in [2.05, 4.69) is 0 Å². The van der Waals surface area contributed by atoms with Crippen molar-refractivity contribution in [1.29, 1.82) is 0 Å². The second-order valence-corrected chi connectivity index (χ2v) is 5.49. The third-order valence-corrected chi connectivity index (χ3v) is 4.19. The highest BCUT2D eigenvalue weighted by molar-refractivity contribution is 7.98. The van der Waals surface area contributed by atoms with E-state index in [9.17, 15) is 15.0 Å². The van der Waals surface area contributed by atoms with Gasteiger partial charge in [0.2, 0.25) is 0 Å². The van der Waals surface area contributed by atoms with Crippen LogP contribution in [0.1, 0.15) is 22.8 Å². The van der Waals surface area contributed by atoms with E-state index in [1.165, 1.54) is 30.8 Å². The standard InChI is InChI=1S/C16H16O4S/c1-10(17)15-13(18)7-8-14(19)16(15)21-9-11-3-5-12(20-2)6-4-11/h3-8,18-19H,9H2,1-2H3. The molecule has 0 aliphatic carbocycles. The van der Waals surface area contributed by atoms with E-state index in [0.717, 1.165) is 11.3 Å². The quantitative estimate of drug-likeness (QED) is 0.502. The van der Waals surface area contributed by atoms with E-state index >= 15 is 0 Å². The number of ether oxygens (including phenoxy) is 1. The van der Waals surface area contributed by atoms with Crippen LogP contribution in [-0.2, 0) is 5.75 Å². The summed E-state index contributed by atoms with van der Waals surface area (Å²) in [6.07, 6.45) is 0. The molecule has 5 heteroatoms. The largest absolute Gasteiger partial charge is 0.507 e. The number of benzene rings is 2. The van der Waals surface area contributed by atoms with Gasteiger partial charge in [0.25, 0.3) is 0 Å². The Morgan fingerprint density at radius 3 is 2.29 bits per heavy atom. The van der Waals surface area contributed by atoms with Crippen LogP contribution in [0.4, 0.5) is 0 Å². The smallest absolute Gasteiger partial charge is 0.164 e. The first-order valence-electron chi connectivity index (χ1n) is 6.34. The SMILES string of the molecule is COc1ccc(CSc2c(O)ccc(O)c2C(C)=O)cc1. The lowest BCUT2D eigenvalue weighted by atomic mass is 10.1. The molecule has 2 N–H and O–H groups in total. The fourth-order valence-electron chi connectivity index (χ4n) is 1.92. The summed E-state index contributed by atoms with van der Waals surface area (Å²) in [6, 6.07) is 10.2. The molecule has 0 aliphatic rings. The van der Waals surface area contributed by atoms with Gasteiger partial charge in [0.1, 0.15) is 17.2 Å². The molecule has 4 nitrogen and oxygen atoms in total. The van der Waals surface area contributed by atoms with Crippen LogP contribution in [0.15, 0.2) is 41.3 Å². The average molecular weight is 304 g/mol. The van der Waals surface area contributed by atoms with Crippen molar-refractivity contribution in [3.8, 4) is 17.2 Å². The van der Waals surface area contributed by atoms with Crippen molar-refractivity contribution < 1.29 is 19.7 Å². The Kier molecular flexibility index (Phi) is 4.75. The van der Waals surface area contributed by atoms with Gasteiger partial charge >= 0.3 is 0 Å². The molecule has 2 rings (SSSR count). The number of phenolic OH excluding ortho intramolecular Hbond substituents is 2. The highest BCUT2D eigenvalue weighted by Crippen LogP contribution is 2.38. The van der Waals surface area contributed by atoms with Crippen molar-refractivity contribution in [3.63, 3.8) is 0 Å². The Balaban J connectivity index is 2.23. The Bertz CT molecular complexity index is 650. The zero-order valence-electron chi connectivity index (χ0n) is 11.8. The first kappa shape index (κ1) is 15.3. The molecule has 0 aromatic heterocycles. The van der Waals surface area contributed by atoms with Gasteiger partial charge in [-0.25, -0.2) is 0 Å². The Morgan fingerprint density at radius 1 is 1.10 bits per heavy atom. The van der Waals surface area contributed by atoms with E-state index in [0.29, 0.717) is 10.6 Å². The van der Waals surface area contributed by atoms with Gasteiger partial charge in [-0.2, -0.15) is 0 Å². The molecule has 2 aromatic rings. The molecule has 0 heterocycles. The molecule has 0 radical (unpaired) electrons. The number of hydrogen-bond acceptors (Lipinski definition) is 5. The highest BCUT2D eigenvalue weighted by atomic mass is 32.2. The normalized spacial score (nSPS) is 10.4. The van der Waals surface area contributed by atoms with E-state index < -0.39 is 0 Å². The number of carbonyl (C=O) groups is 1. The van der Waals surface area contributed by atoms with Crippen LogP contribution in [0.25, 0.3) is 0 Å². The van der Waals surface area contributed by atoms with Crippen LogP contribution in [0.2, 0.25) is 0 Å². The minimum atomic E-state index is -0.277. The number of Topliss-reactive ketones (excluding diaryl/α,β-unsaturated/α-hetero) is 1. The summed E-state index contributed by atoms with van der Waals surface area (Å²) in [7, 11) is 1.60. The topological polar surface area (TPSA) is 66.8 Å². The first-order chi connectivity index (χ1) is 10.0. The number of aromatic hydroxyl groups is 2. The van der Waals surface area contributed by atoms with Gasteiger partial charge in [-0.05, 0) is 36.8 Å². The van der Waals surface area contributed by atoms with Crippen LogP contribution >= 0.6 is 11.8 Å². The maximum atomic E-state index is 11.6. The average Bonchev–Trinajstić information content (AvgIpc) is 2.48. The highest BCUT2D eigenvalue weighted by Gasteiger charge is 2.17. The number of thioether (sulfide) groups is 1. The van der Waals surface area contributed by atoms with Gasteiger partial charge in [-0.3, -0.25) is 4.79 Å². The van der Waals surface area contributed by atoms with E-state index in [1.54, 1.807) is 7.11 Å². The molecule has 0 bridgehead atoms. The summed E-state index contributed by atoms with van der Waals surface area (Å²) in [4.78, 5) is 12.0. The summed E-state index contributed by atoms with van der Waals surface area (Å²) in [5.41, 5.74) is 1.19. The van der Waals surface area contributed by atoms with Crippen molar-refractivity contribution in [3.05, 3.63) is 47.5 Å². The summed E-state index contributed by atoms with van der Waals surface area (Å²) < 4.78 is 5.09. The molecule has 2 aromatic carbocycles. The molecular formula is C16H16O4S. The van der Waals surface area contributed by atoms with Gasteiger partial charge in [-0.15, -0.1) is 11.8 Å².